The molecule has 0 saturated heterocycles. The van der Waals surface area contributed by atoms with Crippen molar-refractivity contribution in [3.8, 4) is 5.69 Å². The zero-order chi connectivity index (χ0) is 23.4. The minimum Gasteiger partial charge on any atom is -0.346 e. The first-order valence-corrected chi connectivity index (χ1v) is 10.3. The van der Waals surface area contributed by atoms with E-state index in [4.69, 9.17) is 0 Å². The van der Waals surface area contributed by atoms with Gasteiger partial charge >= 0.3 is 5.69 Å². The summed E-state index contributed by atoms with van der Waals surface area (Å²) in [6, 6.07) is 22.2. The van der Waals surface area contributed by atoms with Gasteiger partial charge < -0.3 is 5.32 Å². The minimum atomic E-state index is -0.821. The highest BCUT2D eigenvalue weighted by Gasteiger charge is 2.21. The van der Waals surface area contributed by atoms with E-state index in [2.05, 4.69) is 10.4 Å². The maximum absolute atomic E-state index is 14.2. The van der Waals surface area contributed by atoms with Gasteiger partial charge in [0.15, 0.2) is 0 Å². The number of amides is 1. The van der Waals surface area contributed by atoms with Crippen LogP contribution in [0.3, 0.4) is 0 Å². The Morgan fingerprint density at radius 3 is 2.21 bits per heavy atom. The number of benzene rings is 3. The van der Waals surface area contributed by atoms with Crippen LogP contribution in [0.4, 0.5) is 4.39 Å². The fourth-order valence-corrected chi connectivity index (χ4v) is 3.31. The Balaban J connectivity index is 1.80. The SMILES string of the molecule is Cc1ccc(-n2nc(C(=O)NCc3ccccc3)c(=O)n(Cc3ccccc3)c2=O)cc1F. The highest BCUT2D eigenvalue weighted by atomic mass is 19.1. The maximum atomic E-state index is 14.2. The predicted octanol–water partition coefficient (Wildman–Crippen LogP) is 2.82. The molecule has 1 amide bonds. The number of aromatic nitrogens is 3. The summed E-state index contributed by atoms with van der Waals surface area (Å²) in [6.07, 6.45) is 0. The number of nitrogens with one attached hydrogen (secondary N) is 1. The van der Waals surface area contributed by atoms with Crippen LogP contribution in [0.1, 0.15) is 27.2 Å². The van der Waals surface area contributed by atoms with Crippen LogP contribution in [-0.4, -0.2) is 20.3 Å². The minimum absolute atomic E-state index is 0.0612. The molecule has 0 fully saturated rings. The molecule has 0 aliphatic carbocycles. The van der Waals surface area contributed by atoms with E-state index in [0.29, 0.717) is 11.1 Å². The normalized spacial score (nSPS) is 10.7. The van der Waals surface area contributed by atoms with E-state index in [1.165, 1.54) is 12.1 Å². The molecule has 0 spiro atoms. The molecular weight excluding hydrogens is 423 g/mol. The van der Waals surface area contributed by atoms with Crippen molar-refractivity contribution in [2.24, 2.45) is 0 Å². The van der Waals surface area contributed by atoms with E-state index in [1.54, 1.807) is 31.2 Å². The summed E-state index contributed by atoms with van der Waals surface area (Å²) >= 11 is 0. The van der Waals surface area contributed by atoms with Crippen LogP contribution in [0.2, 0.25) is 0 Å². The standard InChI is InChI=1S/C25H21FN4O3/c1-17-12-13-20(14-21(17)26)30-25(33)29(16-19-10-6-3-7-11-19)24(32)22(28-30)23(31)27-15-18-8-4-2-5-9-18/h2-14H,15-16H2,1H3,(H,27,31). The fraction of sp³-hybridized carbons (Fsp3) is 0.120. The Morgan fingerprint density at radius 2 is 1.58 bits per heavy atom. The monoisotopic (exact) mass is 444 g/mol. The van der Waals surface area contributed by atoms with Gasteiger partial charge in [0.05, 0.1) is 12.2 Å². The lowest BCUT2D eigenvalue weighted by atomic mass is 10.2. The van der Waals surface area contributed by atoms with Crippen LogP contribution in [0.5, 0.6) is 0 Å². The summed E-state index contributed by atoms with van der Waals surface area (Å²) in [7, 11) is 0. The Hall–Kier alpha value is -4.33. The zero-order valence-corrected chi connectivity index (χ0v) is 17.9. The van der Waals surface area contributed by atoms with Crippen LogP contribution in [0.25, 0.3) is 5.69 Å². The smallest absolute Gasteiger partial charge is 0.346 e. The highest BCUT2D eigenvalue weighted by molar-refractivity contribution is 5.91. The van der Waals surface area contributed by atoms with Gasteiger partial charge in [-0.25, -0.2) is 9.18 Å². The van der Waals surface area contributed by atoms with Gasteiger partial charge in [0.1, 0.15) is 5.82 Å². The lowest BCUT2D eigenvalue weighted by Gasteiger charge is -2.13. The average molecular weight is 444 g/mol. The molecule has 0 atom stereocenters. The summed E-state index contributed by atoms with van der Waals surface area (Å²) in [6.45, 7) is 1.71. The van der Waals surface area contributed by atoms with E-state index in [0.717, 1.165) is 20.9 Å². The Bertz CT molecular complexity index is 1410. The second kappa shape index (κ2) is 9.44. The third-order valence-electron chi connectivity index (χ3n) is 5.15. The Morgan fingerprint density at radius 1 is 0.939 bits per heavy atom. The first-order chi connectivity index (χ1) is 15.9. The van der Waals surface area contributed by atoms with Crippen molar-refractivity contribution in [2.75, 3.05) is 0 Å². The molecule has 0 aliphatic heterocycles. The molecule has 0 bridgehead atoms. The Labute approximate surface area is 188 Å². The van der Waals surface area contributed by atoms with E-state index < -0.39 is 28.7 Å². The van der Waals surface area contributed by atoms with E-state index >= 15 is 0 Å². The van der Waals surface area contributed by atoms with Gasteiger partial charge in [0, 0.05) is 12.6 Å². The quantitative estimate of drug-likeness (QED) is 0.496. The summed E-state index contributed by atoms with van der Waals surface area (Å²) in [4.78, 5) is 39.1. The van der Waals surface area contributed by atoms with Crippen molar-refractivity contribution >= 4 is 5.91 Å². The van der Waals surface area contributed by atoms with E-state index in [9.17, 15) is 18.8 Å². The van der Waals surface area contributed by atoms with Gasteiger partial charge in [-0.15, -0.1) is 0 Å². The van der Waals surface area contributed by atoms with Gasteiger partial charge in [0.25, 0.3) is 11.5 Å². The lowest BCUT2D eigenvalue weighted by molar-refractivity contribution is 0.0941. The average Bonchev–Trinajstić information content (AvgIpc) is 2.83. The van der Waals surface area contributed by atoms with Crippen LogP contribution in [0.15, 0.2) is 88.5 Å². The molecular formula is C25H21FN4O3. The number of hydrogen-bond donors (Lipinski definition) is 1. The van der Waals surface area contributed by atoms with Crippen LogP contribution >= 0.6 is 0 Å². The predicted molar refractivity (Wildman–Crippen MR) is 122 cm³/mol. The van der Waals surface area contributed by atoms with Gasteiger partial charge in [0.2, 0.25) is 5.69 Å². The molecule has 0 unspecified atom stereocenters. The number of aryl methyl sites for hydroxylation is 1. The molecule has 33 heavy (non-hydrogen) atoms. The lowest BCUT2D eigenvalue weighted by Crippen LogP contribution is -2.46. The van der Waals surface area contributed by atoms with Gasteiger partial charge in [-0.2, -0.15) is 9.78 Å². The summed E-state index contributed by atoms with van der Waals surface area (Å²) in [5.41, 5.74) is -0.00997. The van der Waals surface area contributed by atoms with Crippen LogP contribution in [0, 0.1) is 12.7 Å². The number of halogens is 1. The van der Waals surface area contributed by atoms with Crippen molar-refractivity contribution in [2.45, 2.75) is 20.0 Å². The van der Waals surface area contributed by atoms with Gasteiger partial charge in [-0.1, -0.05) is 66.7 Å². The summed E-state index contributed by atoms with van der Waals surface area (Å²) in [5.74, 6) is -1.26. The van der Waals surface area contributed by atoms with Crippen LogP contribution in [-0.2, 0) is 13.1 Å². The molecule has 1 aromatic heterocycles. The topological polar surface area (TPSA) is 86.0 Å². The Kier molecular flexibility index (Phi) is 6.26. The molecule has 166 valence electrons. The van der Waals surface area contributed by atoms with Crippen LogP contribution < -0.4 is 16.6 Å². The van der Waals surface area contributed by atoms with Crippen molar-refractivity contribution in [1.29, 1.82) is 0 Å². The third kappa shape index (κ3) is 4.79. The number of rotatable bonds is 6. The summed E-state index contributed by atoms with van der Waals surface area (Å²) < 4.78 is 16.0. The van der Waals surface area contributed by atoms with Crippen molar-refractivity contribution in [1.82, 2.24) is 19.7 Å². The third-order valence-corrected chi connectivity index (χ3v) is 5.15. The second-order valence-corrected chi connectivity index (χ2v) is 7.52. The first-order valence-electron chi connectivity index (χ1n) is 10.3. The first kappa shape index (κ1) is 21.9. The van der Waals surface area contributed by atoms with E-state index in [-0.39, 0.29) is 18.8 Å². The number of nitrogens with zero attached hydrogens (tertiary/aromatic N) is 3. The molecule has 7 nitrogen and oxygen atoms in total. The van der Waals surface area contributed by atoms with Gasteiger partial charge in [-0.3, -0.25) is 14.2 Å². The fourth-order valence-electron chi connectivity index (χ4n) is 3.31. The number of carbonyl (C=O) groups excluding carboxylic acids is 1. The number of carbonyl (C=O) groups is 1. The molecule has 4 rings (SSSR count). The summed E-state index contributed by atoms with van der Waals surface area (Å²) in [5, 5.41) is 6.68. The molecule has 1 N–H and O–H groups in total. The van der Waals surface area contributed by atoms with Gasteiger partial charge in [-0.05, 0) is 29.7 Å². The zero-order valence-electron chi connectivity index (χ0n) is 17.9. The molecule has 8 heteroatoms. The molecule has 0 saturated carbocycles. The number of hydrogen-bond acceptors (Lipinski definition) is 4. The molecule has 4 aromatic rings. The maximum Gasteiger partial charge on any atom is 0.352 e. The molecule has 0 radical (unpaired) electrons. The second-order valence-electron chi connectivity index (χ2n) is 7.52. The largest absolute Gasteiger partial charge is 0.352 e. The van der Waals surface area contributed by atoms with Crippen molar-refractivity contribution in [3.05, 3.63) is 128 Å². The molecule has 3 aromatic carbocycles. The van der Waals surface area contributed by atoms with Crippen molar-refractivity contribution < 1.29 is 9.18 Å². The highest BCUT2D eigenvalue weighted by Crippen LogP contribution is 2.11. The molecule has 0 aliphatic rings. The van der Waals surface area contributed by atoms with E-state index in [1.807, 2.05) is 36.4 Å². The van der Waals surface area contributed by atoms with Crippen molar-refractivity contribution in [3.63, 3.8) is 0 Å². The molecule has 1 heterocycles.